The van der Waals surface area contributed by atoms with Gasteiger partial charge in [-0.25, -0.2) is 0 Å². The predicted molar refractivity (Wildman–Crippen MR) is 120 cm³/mol. The fourth-order valence-corrected chi connectivity index (χ4v) is 3.57. The fourth-order valence-electron chi connectivity index (χ4n) is 3.57. The number of rotatable bonds is 6. The van der Waals surface area contributed by atoms with Crippen molar-refractivity contribution in [1.82, 2.24) is 10.2 Å². The summed E-state index contributed by atoms with van der Waals surface area (Å²) in [7, 11) is 0. The van der Waals surface area contributed by atoms with Crippen LogP contribution in [0.5, 0.6) is 0 Å². The molecule has 0 aliphatic carbocycles. The zero-order valence-electron chi connectivity index (χ0n) is 18.0. The van der Waals surface area contributed by atoms with Crippen LogP contribution >= 0.6 is 0 Å². The van der Waals surface area contributed by atoms with Gasteiger partial charge in [-0.3, -0.25) is 9.89 Å². The third kappa shape index (κ3) is 4.58. The van der Waals surface area contributed by atoms with E-state index in [0.717, 1.165) is 41.0 Å². The van der Waals surface area contributed by atoms with Crippen molar-refractivity contribution in [2.45, 2.75) is 58.8 Å². The number of benzene rings is 2. The molecule has 1 aromatic heterocycles. The Balaban J connectivity index is 1.92. The van der Waals surface area contributed by atoms with Crippen molar-refractivity contribution >= 4 is 11.6 Å². The molecule has 1 amide bonds. The maximum Gasteiger partial charge on any atom is 0.232 e. The monoisotopic (exact) mass is 389 g/mol. The van der Waals surface area contributed by atoms with E-state index in [1.807, 2.05) is 37.3 Å². The maximum atomic E-state index is 13.1. The Morgan fingerprint density at radius 2 is 1.69 bits per heavy atom. The number of aromatic amines is 1. The highest BCUT2D eigenvalue weighted by atomic mass is 16.1. The van der Waals surface area contributed by atoms with E-state index in [9.17, 15) is 4.79 Å². The van der Waals surface area contributed by atoms with Crippen molar-refractivity contribution in [3.8, 4) is 11.3 Å². The highest BCUT2D eigenvalue weighted by Gasteiger charge is 2.23. The lowest BCUT2D eigenvalue weighted by atomic mass is 9.86. The van der Waals surface area contributed by atoms with Crippen LogP contribution in [0.3, 0.4) is 0 Å². The molecule has 29 heavy (non-hydrogen) atoms. The molecule has 0 unspecified atom stereocenters. The average Bonchev–Trinajstić information content (AvgIpc) is 3.11. The average molecular weight is 390 g/mol. The van der Waals surface area contributed by atoms with Gasteiger partial charge in [0.15, 0.2) is 0 Å². The van der Waals surface area contributed by atoms with Gasteiger partial charge < -0.3 is 5.32 Å². The summed E-state index contributed by atoms with van der Waals surface area (Å²) in [6, 6.07) is 18.4. The summed E-state index contributed by atoms with van der Waals surface area (Å²) in [5.74, 6) is -0.186. The van der Waals surface area contributed by atoms with Gasteiger partial charge in [-0.1, -0.05) is 89.2 Å². The molecule has 3 aromatic rings. The van der Waals surface area contributed by atoms with E-state index in [2.05, 4.69) is 67.5 Å². The van der Waals surface area contributed by atoms with Gasteiger partial charge in [0.2, 0.25) is 5.91 Å². The smallest absolute Gasteiger partial charge is 0.232 e. The zero-order chi connectivity index (χ0) is 21.0. The molecular formula is C25H31N3O. The lowest BCUT2D eigenvalue weighted by Crippen LogP contribution is -2.21. The minimum Gasteiger partial charge on any atom is -0.322 e. The molecule has 2 aromatic carbocycles. The lowest BCUT2D eigenvalue weighted by Gasteiger charge is -2.19. The number of nitrogens with zero attached hydrogens (tertiary/aromatic N) is 1. The van der Waals surface area contributed by atoms with Gasteiger partial charge in [0.1, 0.15) is 5.69 Å². The number of carbonyl (C=O) groups is 1. The number of anilines is 1. The predicted octanol–water partition coefficient (Wildman–Crippen LogP) is 6.07. The van der Waals surface area contributed by atoms with Crippen LogP contribution in [-0.2, 0) is 16.6 Å². The maximum absolute atomic E-state index is 13.1. The second-order valence-electron chi connectivity index (χ2n) is 8.47. The molecule has 1 atom stereocenters. The largest absolute Gasteiger partial charge is 0.322 e. The summed E-state index contributed by atoms with van der Waals surface area (Å²) in [6.07, 6.45) is 1.51. The third-order valence-corrected chi connectivity index (χ3v) is 5.39. The van der Waals surface area contributed by atoms with Crippen LogP contribution in [0.15, 0.2) is 54.6 Å². The van der Waals surface area contributed by atoms with Crippen LogP contribution in [0.4, 0.5) is 5.69 Å². The Labute approximate surface area is 173 Å². The highest BCUT2D eigenvalue weighted by Crippen LogP contribution is 2.32. The topological polar surface area (TPSA) is 57.8 Å². The fraction of sp³-hybridized carbons (Fsp3) is 0.360. The number of hydrogen-bond donors (Lipinski definition) is 2. The standard InChI is InChI=1S/C25H31N3O/c1-6-20(17-11-9-8-10-12-17)24(29)26-23-21(7-2)27-28-22(23)18-13-15-19(16-14-18)25(3,4)5/h8-16,20H,6-7H2,1-5H3,(H,26,29)(H,27,28)/t20-/m0/s1. The Kier molecular flexibility index (Phi) is 6.21. The van der Waals surface area contributed by atoms with Crippen LogP contribution in [0, 0.1) is 0 Å². The molecule has 4 heteroatoms. The molecule has 4 nitrogen and oxygen atoms in total. The van der Waals surface area contributed by atoms with E-state index < -0.39 is 0 Å². The number of hydrogen-bond acceptors (Lipinski definition) is 2. The van der Waals surface area contributed by atoms with Crippen LogP contribution < -0.4 is 5.32 Å². The van der Waals surface area contributed by atoms with Gasteiger partial charge in [-0.2, -0.15) is 5.10 Å². The van der Waals surface area contributed by atoms with E-state index in [0.29, 0.717) is 0 Å². The van der Waals surface area contributed by atoms with Gasteiger partial charge in [-0.15, -0.1) is 0 Å². The summed E-state index contributed by atoms with van der Waals surface area (Å²) in [5, 5.41) is 10.8. The molecule has 0 aliphatic heterocycles. The minimum absolute atomic E-state index is 0.00219. The minimum atomic E-state index is -0.188. The van der Waals surface area contributed by atoms with Crippen LogP contribution in [0.25, 0.3) is 11.3 Å². The number of carbonyl (C=O) groups excluding carboxylic acids is 1. The molecule has 0 spiro atoms. The summed E-state index contributed by atoms with van der Waals surface area (Å²) in [4.78, 5) is 13.1. The van der Waals surface area contributed by atoms with E-state index in [-0.39, 0.29) is 17.2 Å². The van der Waals surface area contributed by atoms with Gasteiger partial charge in [0.25, 0.3) is 0 Å². The van der Waals surface area contributed by atoms with Crippen molar-refractivity contribution in [3.05, 3.63) is 71.4 Å². The van der Waals surface area contributed by atoms with Gasteiger partial charge in [0.05, 0.1) is 17.3 Å². The molecule has 2 N–H and O–H groups in total. The van der Waals surface area contributed by atoms with Crippen molar-refractivity contribution < 1.29 is 4.79 Å². The van der Waals surface area contributed by atoms with Gasteiger partial charge >= 0.3 is 0 Å². The molecule has 152 valence electrons. The van der Waals surface area contributed by atoms with Crippen molar-refractivity contribution in [1.29, 1.82) is 0 Å². The third-order valence-electron chi connectivity index (χ3n) is 5.39. The first-order valence-electron chi connectivity index (χ1n) is 10.4. The summed E-state index contributed by atoms with van der Waals surface area (Å²) in [5.41, 5.74) is 5.92. The summed E-state index contributed by atoms with van der Waals surface area (Å²) < 4.78 is 0. The van der Waals surface area contributed by atoms with Gasteiger partial charge in [-0.05, 0) is 29.4 Å². The quantitative estimate of drug-likeness (QED) is 0.537. The SMILES string of the molecule is CCc1[nH]nc(-c2ccc(C(C)(C)C)cc2)c1NC(=O)[C@@H](CC)c1ccccc1. The van der Waals surface area contributed by atoms with Gasteiger partial charge in [0, 0.05) is 5.56 Å². The zero-order valence-corrected chi connectivity index (χ0v) is 18.0. The Morgan fingerprint density at radius 1 is 1.03 bits per heavy atom. The first-order chi connectivity index (χ1) is 13.8. The first-order valence-corrected chi connectivity index (χ1v) is 10.4. The van der Waals surface area contributed by atoms with Crippen molar-refractivity contribution in [2.75, 3.05) is 5.32 Å². The van der Waals surface area contributed by atoms with Crippen LogP contribution in [0.2, 0.25) is 0 Å². The molecule has 0 radical (unpaired) electrons. The molecule has 0 saturated heterocycles. The Bertz CT molecular complexity index is 950. The first kappa shape index (κ1) is 20.8. The highest BCUT2D eigenvalue weighted by molar-refractivity contribution is 5.99. The molecule has 0 fully saturated rings. The molecule has 0 aliphatic rings. The van der Waals surface area contributed by atoms with E-state index >= 15 is 0 Å². The normalized spacial score (nSPS) is 12.6. The number of nitrogens with one attached hydrogen (secondary N) is 2. The molecule has 1 heterocycles. The molecular weight excluding hydrogens is 358 g/mol. The van der Waals surface area contributed by atoms with Crippen LogP contribution in [0.1, 0.15) is 63.8 Å². The second kappa shape index (κ2) is 8.64. The molecule has 0 bridgehead atoms. The lowest BCUT2D eigenvalue weighted by molar-refractivity contribution is -0.117. The summed E-state index contributed by atoms with van der Waals surface area (Å²) >= 11 is 0. The van der Waals surface area contributed by atoms with Crippen LogP contribution in [-0.4, -0.2) is 16.1 Å². The number of aromatic nitrogens is 2. The number of aryl methyl sites for hydroxylation is 1. The van der Waals surface area contributed by atoms with E-state index in [1.165, 1.54) is 5.56 Å². The Morgan fingerprint density at radius 3 is 2.24 bits per heavy atom. The molecule has 3 rings (SSSR count). The second-order valence-corrected chi connectivity index (χ2v) is 8.47. The number of H-pyrrole nitrogens is 1. The Hall–Kier alpha value is -2.88. The van der Waals surface area contributed by atoms with Crippen molar-refractivity contribution in [3.63, 3.8) is 0 Å². The number of amides is 1. The van der Waals surface area contributed by atoms with Crippen molar-refractivity contribution in [2.24, 2.45) is 0 Å². The van der Waals surface area contributed by atoms with E-state index in [1.54, 1.807) is 0 Å². The summed E-state index contributed by atoms with van der Waals surface area (Å²) in [6.45, 7) is 10.7. The van der Waals surface area contributed by atoms with E-state index in [4.69, 9.17) is 0 Å². The molecule has 0 saturated carbocycles.